The molecule has 1 aromatic carbocycles. The molecule has 0 aliphatic carbocycles. The average Bonchev–Trinajstić information content (AvgIpc) is 2.60. The van der Waals surface area contributed by atoms with Gasteiger partial charge >= 0.3 is 0 Å². The quantitative estimate of drug-likeness (QED) is 0.841. The molecule has 1 aliphatic heterocycles. The van der Waals surface area contributed by atoms with Crippen LogP contribution in [0.2, 0.25) is 0 Å². The van der Waals surface area contributed by atoms with Gasteiger partial charge in [-0.1, -0.05) is 19.1 Å². The molecule has 0 radical (unpaired) electrons. The Kier molecular flexibility index (Phi) is 7.90. The predicted octanol–water partition coefficient (Wildman–Crippen LogP) is 1.85. The zero-order valence-electron chi connectivity index (χ0n) is 16.0. The highest BCUT2D eigenvalue weighted by molar-refractivity contribution is 5.86. The molecule has 2 amide bonds. The average molecular weight is 384 g/mol. The van der Waals surface area contributed by atoms with E-state index in [0.29, 0.717) is 31.9 Å². The van der Waals surface area contributed by atoms with Crippen molar-refractivity contribution in [3.8, 4) is 5.75 Å². The van der Waals surface area contributed by atoms with Gasteiger partial charge in [-0.15, -0.1) is 12.4 Å². The molecule has 146 valence electrons. The smallest absolute Gasteiger partial charge is 0.263 e. The Morgan fingerprint density at radius 3 is 2.08 bits per heavy atom. The van der Waals surface area contributed by atoms with Crippen LogP contribution < -0.4 is 10.5 Å². The van der Waals surface area contributed by atoms with Gasteiger partial charge in [-0.05, 0) is 44.9 Å². The van der Waals surface area contributed by atoms with Gasteiger partial charge in [0, 0.05) is 26.2 Å². The molecule has 2 rings (SSSR count). The van der Waals surface area contributed by atoms with E-state index in [9.17, 15) is 9.59 Å². The van der Waals surface area contributed by atoms with E-state index >= 15 is 0 Å². The van der Waals surface area contributed by atoms with Crippen molar-refractivity contribution in [2.24, 2.45) is 5.73 Å². The molecule has 0 saturated carbocycles. The van der Waals surface area contributed by atoms with Crippen molar-refractivity contribution in [3.63, 3.8) is 0 Å². The Labute approximate surface area is 162 Å². The maximum Gasteiger partial charge on any atom is 0.263 e. The lowest BCUT2D eigenvalue weighted by molar-refractivity contribution is -0.145. The van der Waals surface area contributed by atoms with Crippen LogP contribution in [-0.2, 0) is 16.0 Å². The first kappa shape index (κ1) is 22.3. The van der Waals surface area contributed by atoms with Crippen molar-refractivity contribution in [1.82, 2.24) is 9.80 Å². The number of carbonyl (C=O) groups excluding carboxylic acids is 2. The Bertz CT molecular complexity index is 605. The second-order valence-corrected chi connectivity index (χ2v) is 7.10. The number of benzene rings is 1. The van der Waals surface area contributed by atoms with E-state index in [2.05, 4.69) is 6.92 Å². The fraction of sp³-hybridized carbons (Fsp3) is 0.579. The summed E-state index contributed by atoms with van der Waals surface area (Å²) in [7, 11) is 0. The predicted molar refractivity (Wildman–Crippen MR) is 105 cm³/mol. The van der Waals surface area contributed by atoms with Crippen LogP contribution in [0.1, 0.15) is 33.3 Å². The van der Waals surface area contributed by atoms with Crippen molar-refractivity contribution >= 4 is 24.2 Å². The molecule has 1 saturated heterocycles. The molecule has 1 aliphatic rings. The van der Waals surface area contributed by atoms with Crippen molar-refractivity contribution in [1.29, 1.82) is 0 Å². The highest BCUT2D eigenvalue weighted by Gasteiger charge is 2.32. The molecule has 26 heavy (non-hydrogen) atoms. The SMILES string of the molecule is CCc1ccc(OC(C)C(=O)N2CCN(C(=O)C(C)(C)N)CC2)cc1.Cl. The zero-order valence-corrected chi connectivity index (χ0v) is 16.8. The number of aryl methyl sites for hydroxylation is 1. The molecule has 0 aromatic heterocycles. The number of rotatable bonds is 5. The third kappa shape index (κ3) is 5.61. The minimum absolute atomic E-state index is 0. The molecule has 0 bridgehead atoms. The zero-order chi connectivity index (χ0) is 18.6. The van der Waals surface area contributed by atoms with Crippen LogP contribution in [0.5, 0.6) is 5.75 Å². The number of ether oxygens (including phenoxy) is 1. The first-order chi connectivity index (χ1) is 11.7. The summed E-state index contributed by atoms with van der Waals surface area (Å²) in [4.78, 5) is 28.2. The number of hydrogen-bond donors (Lipinski definition) is 1. The number of piperazine rings is 1. The third-order valence-corrected chi connectivity index (χ3v) is 4.42. The number of amides is 2. The highest BCUT2D eigenvalue weighted by atomic mass is 35.5. The molecule has 1 unspecified atom stereocenters. The number of hydrogen-bond acceptors (Lipinski definition) is 4. The van der Waals surface area contributed by atoms with Crippen LogP contribution in [0.15, 0.2) is 24.3 Å². The minimum atomic E-state index is -0.882. The van der Waals surface area contributed by atoms with E-state index in [1.165, 1.54) is 5.56 Å². The van der Waals surface area contributed by atoms with Crippen molar-refractivity contribution in [3.05, 3.63) is 29.8 Å². The molecule has 7 heteroatoms. The van der Waals surface area contributed by atoms with Gasteiger partial charge in [0.1, 0.15) is 5.75 Å². The lowest BCUT2D eigenvalue weighted by Gasteiger charge is -2.38. The van der Waals surface area contributed by atoms with Gasteiger partial charge < -0.3 is 20.3 Å². The van der Waals surface area contributed by atoms with E-state index in [4.69, 9.17) is 10.5 Å². The fourth-order valence-corrected chi connectivity index (χ4v) is 2.85. The van der Waals surface area contributed by atoms with Crippen molar-refractivity contribution < 1.29 is 14.3 Å². The summed E-state index contributed by atoms with van der Waals surface area (Å²) in [6.45, 7) is 9.27. The van der Waals surface area contributed by atoms with Gasteiger partial charge in [0.15, 0.2) is 6.10 Å². The van der Waals surface area contributed by atoms with Gasteiger partial charge in [-0.3, -0.25) is 9.59 Å². The summed E-state index contributed by atoms with van der Waals surface area (Å²) in [6.07, 6.45) is 0.415. The second kappa shape index (κ2) is 9.24. The number of nitrogens with zero attached hydrogens (tertiary/aromatic N) is 2. The largest absolute Gasteiger partial charge is 0.481 e. The summed E-state index contributed by atoms with van der Waals surface area (Å²) < 4.78 is 5.77. The van der Waals surface area contributed by atoms with Gasteiger partial charge in [-0.25, -0.2) is 0 Å². The monoisotopic (exact) mass is 383 g/mol. The molecule has 0 spiro atoms. The van der Waals surface area contributed by atoms with Crippen molar-refractivity contribution in [2.75, 3.05) is 26.2 Å². The summed E-state index contributed by atoms with van der Waals surface area (Å²) in [5, 5.41) is 0. The van der Waals surface area contributed by atoms with Gasteiger partial charge in [0.2, 0.25) is 5.91 Å². The highest BCUT2D eigenvalue weighted by Crippen LogP contribution is 2.16. The molecular weight excluding hydrogens is 354 g/mol. The van der Waals surface area contributed by atoms with E-state index < -0.39 is 11.6 Å². The number of carbonyl (C=O) groups is 2. The molecular formula is C19H30ClN3O3. The maximum absolute atomic E-state index is 12.6. The molecule has 1 fully saturated rings. The Morgan fingerprint density at radius 1 is 1.12 bits per heavy atom. The van der Waals surface area contributed by atoms with E-state index in [1.807, 2.05) is 24.3 Å². The van der Waals surface area contributed by atoms with Crippen LogP contribution in [0.3, 0.4) is 0 Å². The summed E-state index contributed by atoms with van der Waals surface area (Å²) >= 11 is 0. The summed E-state index contributed by atoms with van der Waals surface area (Å²) in [6, 6.07) is 7.79. The van der Waals surface area contributed by atoms with E-state index in [1.54, 1.807) is 30.6 Å². The fourth-order valence-electron chi connectivity index (χ4n) is 2.85. The standard InChI is InChI=1S/C19H29N3O3.ClH/c1-5-15-6-8-16(9-7-15)25-14(2)17(23)21-10-12-22(13-11-21)18(24)19(3,4)20;/h6-9,14H,5,10-13,20H2,1-4H3;1H. The second-order valence-electron chi connectivity index (χ2n) is 7.10. The summed E-state index contributed by atoms with van der Waals surface area (Å²) in [5.41, 5.74) is 6.22. The lowest BCUT2D eigenvalue weighted by Crippen LogP contribution is -2.58. The topological polar surface area (TPSA) is 75.9 Å². The van der Waals surface area contributed by atoms with Crippen LogP contribution in [0.25, 0.3) is 0 Å². The van der Waals surface area contributed by atoms with Gasteiger partial charge in [-0.2, -0.15) is 0 Å². The summed E-state index contributed by atoms with van der Waals surface area (Å²) in [5.74, 6) is 0.551. The molecule has 6 nitrogen and oxygen atoms in total. The van der Waals surface area contributed by atoms with E-state index in [-0.39, 0.29) is 24.2 Å². The van der Waals surface area contributed by atoms with Crippen LogP contribution in [0.4, 0.5) is 0 Å². The van der Waals surface area contributed by atoms with Crippen LogP contribution in [0, 0.1) is 0 Å². The molecule has 2 N–H and O–H groups in total. The van der Waals surface area contributed by atoms with Crippen LogP contribution >= 0.6 is 12.4 Å². The molecule has 1 atom stereocenters. The Balaban J connectivity index is 0.00000338. The molecule has 1 aromatic rings. The van der Waals surface area contributed by atoms with Gasteiger partial charge in [0.25, 0.3) is 5.91 Å². The Morgan fingerprint density at radius 2 is 1.62 bits per heavy atom. The normalized spacial score (nSPS) is 15.9. The Hall–Kier alpha value is -1.79. The third-order valence-electron chi connectivity index (χ3n) is 4.42. The minimum Gasteiger partial charge on any atom is -0.481 e. The van der Waals surface area contributed by atoms with Gasteiger partial charge in [0.05, 0.1) is 5.54 Å². The number of nitrogens with two attached hydrogens (primary N) is 1. The lowest BCUT2D eigenvalue weighted by atomic mass is 10.0. The van der Waals surface area contributed by atoms with Crippen LogP contribution in [-0.4, -0.2) is 59.4 Å². The first-order valence-electron chi connectivity index (χ1n) is 8.85. The molecule has 1 heterocycles. The first-order valence-corrected chi connectivity index (χ1v) is 8.85. The van der Waals surface area contributed by atoms with Crippen molar-refractivity contribution in [2.45, 2.75) is 45.8 Å². The van der Waals surface area contributed by atoms with E-state index in [0.717, 1.165) is 6.42 Å². The maximum atomic E-state index is 12.6. The number of halogens is 1.